The van der Waals surface area contributed by atoms with Crippen LogP contribution in [0.1, 0.15) is 25.7 Å². The first-order valence-electron chi connectivity index (χ1n) is 9.84. The molecule has 0 aliphatic carbocycles. The minimum absolute atomic E-state index is 0.102. The Balaban J connectivity index is 2.79. The molecule has 1 heterocycles. The maximum atomic E-state index is 12.7. The number of nitrogens with one attached hydrogen (secondary N) is 4. The third-order valence-electron chi connectivity index (χ3n) is 4.57. The second-order valence-corrected chi connectivity index (χ2v) is 7.35. The first kappa shape index (κ1) is 26.5. The smallest absolute Gasteiger partial charge is 0.327 e. The number of carboxylic acid groups (broad SMARTS) is 1. The summed E-state index contributed by atoms with van der Waals surface area (Å²) in [5.41, 5.74) is 10.5. The van der Waals surface area contributed by atoms with E-state index in [0.717, 1.165) is 6.42 Å². The lowest BCUT2D eigenvalue weighted by molar-refractivity contribution is -0.142. The van der Waals surface area contributed by atoms with Gasteiger partial charge in [-0.25, -0.2) is 4.79 Å². The van der Waals surface area contributed by atoms with E-state index < -0.39 is 48.6 Å². The third-order valence-corrected chi connectivity index (χ3v) is 4.93. The van der Waals surface area contributed by atoms with Crippen LogP contribution in [-0.4, -0.2) is 89.5 Å². The zero-order valence-electron chi connectivity index (χ0n) is 17.0. The number of hydrogen-bond donors (Lipinski definition) is 9. The number of hydrogen-bond acceptors (Lipinski definition) is 8. The molecule has 1 aliphatic rings. The van der Waals surface area contributed by atoms with Gasteiger partial charge in [-0.1, -0.05) is 0 Å². The number of thiol groups is 1. The van der Waals surface area contributed by atoms with Crippen LogP contribution < -0.4 is 32.7 Å². The van der Waals surface area contributed by atoms with Gasteiger partial charge < -0.3 is 42.9 Å². The summed E-state index contributed by atoms with van der Waals surface area (Å²) in [7, 11) is 0. The lowest BCUT2D eigenvalue weighted by Crippen LogP contribution is -2.58. The van der Waals surface area contributed by atoms with Crippen molar-refractivity contribution in [1.29, 1.82) is 0 Å². The molecule has 10 N–H and O–H groups in total. The van der Waals surface area contributed by atoms with Gasteiger partial charge in [-0.05, 0) is 32.2 Å². The molecule has 31 heavy (non-hydrogen) atoms. The molecule has 0 saturated carbocycles. The van der Waals surface area contributed by atoms with Gasteiger partial charge in [0.15, 0.2) is 5.96 Å². The van der Waals surface area contributed by atoms with E-state index in [1.165, 1.54) is 0 Å². The molecule has 13 nitrogen and oxygen atoms in total. The Labute approximate surface area is 185 Å². The molecule has 4 unspecified atom stereocenters. The van der Waals surface area contributed by atoms with E-state index in [0.29, 0.717) is 19.4 Å². The molecule has 1 fully saturated rings. The number of carbonyl (C=O) groups is 4. The highest BCUT2D eigenvalue weighted by Crippen LogP contribution is 2.07. The van der Waals surface area contributed by atoms with Crippen molar-refractivity contribution < 1.29 is 29.4 Å². The number of aliphatic carboxylic acids is 1. The van der Waals surface area contributed by atoms with E-state index in [4.69, 9.17) is 16.6 Å². The van der Waals surface area contributed by atoms with Gasteiger partial charge >= 0.3 is 5.97 Å². The molecule has 176 valence electrons. The minimum atomic E-state index is -1.41. The summed E-state index contributed by atoms with van der Waals surface area (Å²) in [6.45, 7) is 0.160. The Kier molecular flexibility index (Phi) is 11.7. The molecule has 0 bridgehead atoms. The van der Waals surface area contributed by atoms with E-state index >= 15 is 0 Å². The van der Waals surface area contributed by atoms with E-state index in [2.05, 4.69) is 38.9 Å². The molecule has 1 rings (SSSR count). The van der Waals surface area contributed by atoms with Crippen LogP contribution in [0.3, 0.4) is 0 Å². The number of rotatable bonds is 13. The standard InChI is InChI=1S/C17H31N7O6S/c18-17(19)21-6-2-4-10(22-13(26)9-3-1-5-20-9)14(27)23-11(7-25)15(28)24-12(8-31)16(29)30/h9-12,20,25,31H,1-8H2,(H,22,26)(H,23,27)(H,24,28)(H,29,30)(H4,18,19,21). The van der Waals surface area contributed by atoms with Crippen molar-refractivity contribution in [2.75, 3.05) is 25.4 Å². The summed E-state index contributed by atoms with van der Waals surface area (Å²) in [5.74, 6) is -3.53. The average Bonchev–Trinajstić information content (AvgIpc) is 3.26. The highest BCUT2D eigenvalue weighted by molar-refractivity contribution is 7.80. The third kappa shape index (κ3) is 9.40. The predicted molar refractivity (Wildman–Crippen MR) is 115 cm³/mol. The van der Waals surface area contributed by atoms with Crippen molar-refractivity contribution in [2.24, 2.45) is 16.5 Å². The summed E-state index contributed by atoms with van der Waals surface area (Å²) < 4.78 is 0. The monoisotopic (exact) mass is 461 g/mol. The SMILES string of the molecule is NC(N)=NCCCC(NC(=O)C1CCCN1)C(=O)NC(CO)C(=O)NC(CS)C(=O)O. The van der Waals surface area contributed by atoms with Gasteiger partial charge in [0.25, 0.3) is 0 Å². The average molecular weight is 462 g/mol. The molecular weight excluding hydrogens is 430 g/mol. The van der Waals surface area contributed by atoms with Crippen molar-refractivity contribution in [3.05, 3.63) is 0 Å². The summed E-state index contributed by atoms with van der Waals surface area (Å²) in [4.78, 5) is 52.3. The molecule has 1 saturated heterocycles. The molecule has 0 aromatic rings. The number of carbonyl (C=O) groups excluding carboxylic acids is 3. The lowest BCUT2D eigenvalue weighted by Gasteiger charge is -2.24. The van der Waals surface area contributed by atoms with Crippen LogP contribution >= 0.6 is 12.6 Å². The minimum Gasteiger partial charge on any atom is -0.480 e. The number of carboxylic acids is 1. The highest BCUT2D eigenvalue weighted by Gasteiger charge is 2.30. The maximum Gasteiger partial charge on any atom is 0.327 e. The van der Waals surface area contributed by atoms with Crippen molar-refractivity contribution in [2.45, 2.75) is 49.9 Å². The van der Waals surface area contributed by atoms with Crippen molar-refractivity contribution in [1.82, 2.24) is 21.3 Å². The van der Waals surface area contributed by atoms with Gasteiger partial charge in [0.05, 0.1) is 12.6 Å². The van der Waals surface area contributed by atoms with Crippen molar-refractivity contribution in [3.63, 3.8) is 0 Å². The van der Waals surface area contributed by atoms with E-state index in [-0.39, 0.29) is 30.6 Å². The molecule has 14 heteroatoms. The first-order valence-corrected chi connectivity index (χ1v) is 10.5. The molecule has 0 aromatic carbocycles. The van der Waals surface area contributed by atoms with Crippen LogP contribution in [0.15, 0.2) is 4.99 Å². The summed E-state index contributed by atoms with van der Waals surface area (Å²) in [5, 5.41) is 28.7. The van der Waals surface area contributed by atoms with Crippen LogP contribution in [0, 0.1) is 0 Å². The van der Waals surface area contributed by atoms with Gasteiger partial charge in [0.1, 0.15) is 18.1 Å². The number of aliphatic hydroxyl groups is 1. The van der Waals surface area contributed by atoms with Gasteiger partial charge in [-0.2, -0.15) is 12.6 Å². The Morgan fingerprint density at radius 2 is 1.74 bits per heavy atom. The number of nitrogens with two attached hydrogens (primary N) is 2. The number of guanidine groups is 1. The van der Waals surface area contributed by atoms with Crippen LogP contribution in [0.2, 0.25) is 0 Å². The fourth-order valence-corrected chi connectivity index (χ4v) is 3.12. The summed E-state index contributed by atoms with van der Waals surface area (Å²) in [6, 6.07) is -4.12. The molecule has 0 spiro atoms. The molecular formula is C17H31N7O6S. The van der Waals surface area contributed by atoms with Crippen LogP contribution in [-0.2, 0) is 19.2 Å². The second kappa shape index (κ2) is 13.7. The van der Waals surface area contributed by atoms with Gasteiger partial charge in [0.2, 0.25) is 17.7 Å². The molecule has 1 aliphatic heterocycles. The van der Waals surface area contributed by atoms with Crippen molar-refractivity contribution >= 4 is 42.3 Å². The summed E-state index contributed by atoms with van der Waals surface area (Å²) >= 11 is 3.84. The zero-order valence-corrected chi connectivity index (χ0v) is 17.9. The van der Waals surface area contributed by atoms with Crippen LogP contribution in [0.25, 0.3) is 0 Å². The van der Waals surface area contributed by atoms with Crippen LogP contribution in [0.5, 0.6) is 0 Å². The number of nitrogens with zero attached hydrogens (tertiary/aromatic N) is 1. The summed E-state index contributed by atoms with van der Waals surface area (Å²) in [6.07, 6.45) is 2.01. The molecule has 0 aromatic heterocycles. The quantitative estimate of drug-likeness (QED) is 0.0568. The molecule has 3 amide bonds. The number of amides is 3. The predicted octanol–water partition coefficient (Wildman–Crippen LogP) is -3.75. The molecule has 4 atom stereocenters. The Morgan fingerprint density at radius 1 is 1.10 bits per heavy atom. The van der Waals surface area contributed by atoms with E-state index in [9.17, 15) is 24.3 Å². The molecule has 0 radical (unpaired) electrons. The fourth-order valence-electron chi connectivity index (χ4n) is 2.88. The number of aliphatic imine (C=N–C) groups is 1. The highest BCUT2D eigenvalue weighted by atomic mass is 32.1. The van der Waals surface area contributed by atoms with Gasteiger partial charge in [0, 0.05) is 12.3 Å². The van der Waals surface area contributed by atoms with Gasteiger partial charge in [-0.15, -0.1) is 0 Å². The van der Waals surface area contributed by atoms with Crippen molar-refractivity contribution in [3.8, 4) is 0 Å². The normalized spacial score (nSPS) is 18.3. The Hall–Kier alpha value is -2.58. The maximum absolute atomic E-state index is 12.7. The topological polar surface area (TPSA) is 221 Å². The second-order valence-electron chi connectivity index (χ2n) is 6.98. The number of aliphatic hydroxyl groups excluding tert-OH is 1. The Bertz CT molecular complexity index is 667. The van der Waals surface area contributed by atoms with Gasteiger partial charge in [-0.3, -0.25) is 19.4 Å². The van der Waals surface area contributed by atoms with E-state index in [1.807, 2.05) is 0 Å². The largest absolute Gasteiger partial charge is 0.480 e. The van der Waals surface area contributed by atoms with Crippen LogP contribution in [0.4, 0.5) is 0 Å². The zero-order chi connectivity index (χ0) is 23.4. The lowest BCUT2D eigenvalue weighted by atomic mass is 10.1. The first-order chi connectivity index (χ1) is 14.7. The van der Waals surface area contributed by atoms with E-state index in [1.54, 1.807) is 0 Å². The fraction of sp³-hybridized carbons (Fsp3) is 0.706. The Morgan fingerprint density at radius 3 is 2.26 bits per heavy atom.